The molecular formula is C16H26N4O2+2. The lowest BCUT2D eigenvalue weighted by molar-refractivity contribution is -0.733. The molecule has 0 bridgehead atoms. The highest BCUT2D eigenvalue weighted by atomic mass is 16.3. The van der Waals surface area contributed by atoms with Crippen LogP contribution in [0.1, 0.15) is 19.3 Å². The first-order valence-electron chi connectivity index (χ1n) is 8.39. The Kier molecular flexibility index (Phi) is 4.97. The first-order valence-corrected chi connectivity index (χ1v) is 8.39. The van der Waals surface area contributed by atoms with E-state index in [1.807, 2.05) is 18.4 Å². The summed E-state index contributed by atoms with van der Waals surface area (Å²) in [6, 6.07) is -0.434. The van der Waals surface area contributed by atoms with Gasteiger partial charge in [-0.3, -0.25) is 4.90 Å². The van der Waals surface area contributed by atoms with Crippen molar-refractivity contribution < 1.29 is 9.52 Å². The molecule has 2 fully saturated rings. The normalized spacial score (nSPS) is 30.1. The minimum atomic E-state index is -0.239. The van der Waals surface area contributed by atoms with E-state index >= 15 is 0 Å². The van der Waals surface area contributed by atoms with Gasteiger partial charge in [0, 0.05) is 25.9 Å². The zero-order valence-electron chi connectivity index (χ0n) is 13.1. The number of hydrogen-bond acceptors (Lipinski definition) is 4. The van der Waals surface area contributed by atoms with Gasteiger partial charge in [0.2, 0.25) is 0 Å². The molecule has 3 heterocycles. The van der Waals surface area contributed by atoms with E-state index in [0.29, 0.717) is 19.6 Å². The maximum atomic E-state index is 12.7. The summed E-state index contributed by atoms with van der Waals surface area (Å²) in [6.45, 7) is 4.95. The van der Waals surface area contributed by atoms with Crippen LogP contribution in [-0.2, 0) is 0 Å². The summed E-state index contributed by atoms with van der Waals surface area (Å²) in [4.78, 5) is 29.1. The Morgan fingerprint density at radius 1 is 0.955 bits per heavy atom. The Labute approximate surface area is 131 Å². The van der Waals surface area contributed by atoms with E-state index in [1.54, 1.807) is 0 Å². The first-order chi connectivity index (χ1) is 10.7. The number of likely N-dealkylation sites (tertiary alicyclic amines) is 1. The summed E-state index contributed by atoms with van der Waals surface area (Å²) < 4.78 is 2.28. The SMILES string of the molecule is O=[N+]1CC(CN2C=CC=CC2)[N+](=O)C(CN2CCCCC2)C1. The van der Waals surface area contributed by atoms with Crippen LogP contribution in [0.5, 0.6) is 0 Å². The Bertz CT molecular complexity index is 483. The summed E-state index contributed by atoms with van der Waals surface area (Å²) in [5.41, 5.74) is 0. The molecule has 2 atom stereocenters. The van der Waals surface area contributed by atoms with Gasteiger partial charge in [-0.1, -0.05) is 18.6 Å². The Balaban J connectivity index is 1.59. The zero-order valence-corrected chi connectivity index (χ0v) is 13.1. The lowest BCUT2D eigenvalue weighted by atomic mass is 10.1. The van der Waals surface area contributed by atoms with Gasteiger partial charge in [0.05, 0.1) is 13.1 Å². The van der Waals surface area contributed by atoms with Gasteiger partial charge < -0.3 is 4.90 Å². The van der Waals surface area contributed by atoms with E-state index < -0.39 is 0 Å². The van der Waals surface area contributed by atoms with Crippen LogP contribution in [0.2, 0.25) is 0 Å². The molecule has 3 rings (SSSR count). The van der Waals surface area contributed by atoms with Crippen LogP contribution >= 0.6 is 0 Å². The van der Waals surface area contributed by atoms with Crippen molar-refractivity contribution in [3.05, 3.63) is 34.2 Å². The Hall–Kier alpha value is -1.56. The molecular weight excluding hydrogens is 280 g/mol. The highest BCUT2D eigenvalue weighted by molar-refractivity contribution is 5.08. The van der Waals surface area contributed by atoms with E-state index in [2.05, 4.69) is 15.9 Å². The minimum Gasteiger partial charge on any atom is -0.367 e. The minimum absolute atomic E-state index is 0.196. The monoisotopic (exact) mass is 306 g/mol. The summed E-state index contributed by atoms with van der Waals surface area (Å²) in [7, 11) is 0. The third-order valence-corrected chi connectivity index (χ3v) is 4.80. The van der Waals surface area contributed by atoms with E-state index in [0.717, 1.165) is 30.9 Å². The van der Waals surface area contributed by atoms with Crippen molar-refractivity contribution >= 4 is 0 Å². The predicted molar refractivity (Wildman–Crippen MR) is 84.7 cm³/mol. The molecule has 22 heavy (non-hydrogen) atoms. The number of allylic oxidation sites excluding steroid dienone is 2. The average molecular weight is 306 g/mol. The number of rotatable bonds is 4. The number of piperazine rings is 1. The molecule has 0 radical (unpaired) electrons. The molecule has 6 heteroatoms. The summed E-state index contributed by atoms with van der Waals surface area (Å²) in [5.74, 6) is 0. The molecule has 0 spiro atoms. The largest absolute Gasteiger partial charge is 0.367 e. The zero-order chi connectivity index (χ0) is 15.4. The molecule has 120 valence electrons. The van der Waals surface area contributed by atoms with E-state index in [4.69, 9.17) is 0 Å². The van der Waals surface area contributed by atoms with Crippen LogP contribution in [0.15, 0.2) is 24.4 Å². The molecule has 0 aliphatic carbocycles. The summed E-state index contributed by atoms with van der Waals surface area (Å²) in [6.07, 6.45) is 11.7. The number of nitrogens with zero attached hydrogens (tertiary/aromatic N) is 4. The number of hydrogen-bond donors (Lipinski definition) is 0. The quantitative estimate of drug-likeness (QED) is 0.732. The highest BCUT2D eigenvalue weighted by Crippen LogP contribution is 2.15. The summed E-state index contributed by atoms with van der Waals surface area (Å²) in [5, 5.41) is 0. The fraction of sp³-hybridized carbons (Fsp3) is 0.750. The molecule has 3 aliphatic rings. The molecule has 0 saturated carbocycles. The van der Waals surface area contributed by atoms with Crippen molar-refractivity contribution in [2.45, 2.75) is 31.3 Å². The fourth-order valence-electron chi connectivity index (χ4n) is 3.63. The fourth-order valence-corrected chi connectivity index (χ4v) is 3.63. The third-order valence-electron chi connectivity index (χ3n) is 4.80. The standard InChI is InChI=1S/C16H26N4O2/c21-19-13-15(11-17-7-3-1-4-8-17)20(22)16(14-19)12-18-9-5-2-6-10-18/h1,3-4,7,15-16H,2,5-6,8-14H2/q+2. The smallest absolute Gasteiger partial charge is 0.280 e. The van der Waals surface area contributed by atoms with E-state index in [9.17, 15) is 9.81 Å². The van der Waals surface area contributed by atoms with Crippen LogP contribution in [0.25, 0.3) is 0 Å². The lowest BCUT2D eigenvalue weighted by Crippen LogP contribution is -2.56. The van der Waals surface area contributed by atoms with Crippen LogP contribution < -0.4 is 0 Å². The van der Waals surface area contributed by atoms with Gasteiger partial charge in [0.25, 0.3) is 25.2 Å². The van der Waals surface area contributed by atoms with Crippen LogP contribution in [0.3, 0.4) is 0 Å². The summed E-state index contributed by atoms with van der Waals surface area (Å²) >= 11 is 0. The Morgan fingerprint density at radius 2 is 1.68 bits per heavy atom. The van der Waals surface area contributed by atoms with Gasteiger partial charge >= 0.3 is 0 Å². The van der Waals surface area contributed by atoms with Gasteiger partial charge in [-0.25, -0.2) is 0 Å². The second-order valence-corrected chi connectivity index (χ2v) is 6.60. The van der Waals surface area contributed by atoms with Gasteiger partial charge in [-0.2, -0.15) is 0 Å². The van der Waals surface area contributed by atoms with Crippen LogP contribution in [-0.4, -0.2) is 77.2 Å². The molecule has 0 aromatic carbocycles. The molecule has 0 aromatic rings. The maximum absolute atomic E-state index is 12.7. The van der Waals surface area contributed by atoms with Crippen molar-refractivity contribution in [3.63, 3.8) is 0 Å². The molecule has 2 unspecified atom stereocenters. The Morgan fingerprint density at radius 3 is 2.36 bits per heavy atom. The third kappa shape index (κ3) is 3.80. The number of piperidine rings is 1. The molecule has 0 aromatic heterocycles. The molecule has 3 aliphatic heterocycles. The molecule has 0 amide bonds. The maximum Gasteiger partial charge on any atom is 0.280 e. The van der Waals surface area contributed by atoms with Crippen molar-refractivity contribution in [2.75, 3.05) is 45.8 Å². The van der Waals surface area contributed by atoms with Crippen molar-refractivity contribution in [3.8, 4) is 0 Å². The van der Waals surface area contributed by atoms with Gasteiger partial charge in [0.1, 0.15) is 0 Å². The second-order valence-electron chi connectivity index (χ2n) is 6.60. The van der Waals surface area contributed by atoms with Gasteiger partial charge in [0.15, 0.2) is 0 Å². The predicted octanol–water partition coefficient (Wildman–Crippen LogP) is 1.17. The molecule has 2 saturated heterocycles. The topological polar surface area (TPSA) is 46.6 Å². The van der Waals surface area contributed by atoms with Crippen LogP contribution in [0, 0.1) is 9.81 Å². The second kappa shape index (κ2) is 7.13. The molecule has 0 N–H and O–H groups in total. The van der Waals surface area contributed by atoms with Crippen molar-refractivity contribution in [1.29, 1.82) is 0 Å². The highest BCUT2D eigenvalue weighted by Gasteiger charge is 2.48. The van der Waals surface area contributed by atoms with Gasteiger partial charge in [-0.05, 0) is 38.2 Å². The van der Waals surface area contributed by atoms with Crippen molar-refractivity contribution in [1.82, 2.24) is 9.80 Å². The number of nitroso groups, excluding NO2 is 2. The average Bonchev–Trinajstić information content (AvgIpc) is 2.54. The van der Waals surface area contributed by atoms with E-state index in [1.165, 1.54) is 24.0 Å². The van der Waals surface area contributed by atoms with E-state index in [-0.39, 0.29) is 12.1 Å². The molecule has 6 nitrogen and oxygen atoms in total. The lowest BCUT2D eigenvalue weighted by Gasteiger charge is -2.29. The first kappa shape index (κ1) is 15.3. The van der Waals surface area contributed by atoms with Crippen molar-refractivity contribution in [2.24, 2.45) is 0 Å². The van der Waals surface area contributed by atoms with Crippen LogP contribution in [0.4, 0.5) is 0 Å². The van der Waals surface area contributed by atoms with Gasteiger partial charge in [-0.15, -0.1) is 0 Å².